The molecular formula is C46H83N3O6. The number of carbonyl (C=O) groups is 2. The van der Waals surface area contributed by atoms with Crippen LogP contribution in [0.5, 0.6) is 0 Å². The normalized spacial score (nSPS) is 20.4. The molecule has 1 aromatic rings. The highest BCUT2D eigenvalue weighted by Crippen LogP contribution is 2.33. The van der Waals surface area contributed by atoms with E-state index in [1.54, 1.807) is 17.0 Å². The fourth-order valence-electron chi connectivity index (χ4n) is 8.05. The molecule has 0 aromatic heterocycles. The van der Waals surface area contributed by atoms with Gasteiger partial charge in [0.2, 0.25) is 11.8 Å². The van der Waals surface area contributed by atoms with Crippen LogP contribution < -0.4 is 11.1 Å². The molecule has 0 unspecified atom stereocenters. The zero-order chi connectivity index (χ0) is 40.2. The number of hydrogen-bond donors (Lipinski definition) is 5. The van der Waals surface area contributed by atoms with E-state index in [1.165, 1.54) is 109 Å². The molecule has 9 heteroatoms. The van der Waals surface area contributed by atoms with Crippen molar-refractivity contribution in [3.8, 4) is 0 Å². The summed E-state index contributed by atoms with van der Waals surface area (Å²) in [6, 6.07) is 7.07. The van der Waals surface area contributed by atoms with Gasteiger partial charge < -0.3 is 31.1 Å². The number of aliphatic hydroxyl groups is 3. The van der Waals surface area contributed by atoms with Crippen LogP contribution in [-0.4, -0.2) is 75.4 Å². The van der Waals surface area contributed by atoms with E-state index in [4.69, 9.17) is 10.5 Å². The van der Waals surface area contributed by atoms with Gasteiger partial charge in [0.05, 0.1) is 12.7 Å². The molecule has 1 aliphatic rings. The molecule has 55 heavy (non-hydrogen) atoms. The molecule has 0 aliphatic carbocycles. The minimum absolute atomic E-state index is 0.159. The van der Waals surface area contributed by atoms with Crippen molar-refractivity contribution in [3.05, 3.63) is 35.4 Å². The smallest absolute Gasteiger partial charge is 0.255 e. The molecule has 5 atom stereocenters. The van der Waals surface area contributed by atoms with Gasteiger partial charge in [0.1, 0.15) is 12.2 Å². The number of amides is 2. The second-order valence-electron chi connectivity index (χ2n) is 16.6. The Kier molecular flexibility index (Phi) is 26.9. The molecule has 318 valence electrons. The zero-order valence-electron chi connectivity index (χ0n) is 35.4. The summed E-state index contributed by atoms with van der Waals surface area (Å²) in [5.74, 6) is -2.35. The average molecular weight is 774 g/mol. The van der Waals surface area contributed by atoms with Gasteiger partial charge in [0.15, 0.2) is 0 Å². The number of nitrogens with zero attached hydrogens (tertiary/aromatic N) is 1. The highest BCUT2D eigenvalue weighted by molar-refractivity contribution is 5.96. The summed E-state index contributed by atoms with van der Waals surface area (Å²) < 4.78 is 6.36. The van der Waals surface area contributed by atoms with Crippen LogP contribution in [-0.2, 0) is 16.0 Å². The molecule has 1 fully saturated rings. The average Bonchev–Trinajstić information content (AvgIpc) is 3.16. The lowest BCUT2D eigenvalue weighted by atomic mass is 9.95. The SMILES string of the molecule is CCCCCCCCCCCCCCCCCCN(C(=O)CCCCCCCCCCC)[C@@]1(NC(=O)c2ccccc2C[C@@H](C)N)C[C@@H](O)[C@H](O)[C@@H](CO)O1. The summed E-state index contributed by atoms with van der Waals surface area (Å²) in [5.41, 5.74) is 7.30. The van der Waals surface area contributed by atoms with Crippen molar-refractivity contribution >= 4 is 11.8 Å². The van der Waals surface area contributed by atoms with E-state index in [1.807, 2.05) is 19.1 Å². The van der Waals surface area contributed by atoms with Gasteiger partial charge in [-0.1, -0.05) is 180 Å². The summed E-state index contributed by atoms with van der Waals surface area (Å²) in [5, 5.41) is 35.1. The molecule has 9 nitrogen and oxygen atoms in total. The first-order chi connectivity index (χ1) is 26.7. The minimum atomic E-state index is -1.74. The van der Waals surface area contributed by atoms with Crippen LogP contribution in [0.15, 0.2) is 24.3 Å². The maximum Gasteiger partial charge on any atom is 0.255 e. The van der Waals surface area contributed by atoms with E-state index in [0.717, 1.165) is 50.5 Å². The summed E-state index contributed by atoms with van der Waals surface area (Å²) >= 11 is 0. The second kappa shape index (κ2) is 30.1. The Labute approximate surface area is 335 Å². The third kappa shape index (κ3) is 19.8. The van der Waals surface area contributed by atoms with E-state index in [0.29, 0.717) is 31.4 Å². The van der Waals surface area contributed by atoms with Crippen LogP contribution in [0.3, 0.4) is 0 Å². The van der Waals surface area contributed by atoms with Crippen LogP contribution in [0.1, 0.15) is 210 Å². The van der Waals surface area contributed by atoms with Crippen LogP contribution >= 0.6 is 0 Å². The Bertz CT molecular complexity index is 1130. The standard InChI is InChI=1S/C46H83N3O6/c1-4-6-8-10-12-14-15-16-17-18-19-20-22-24-26-30-34-49(43(52)33-27-25-23-21-13-11-9-7-5-2)46(36-41(51)44(53)42(37-50)55-46)48-45(54)40-32-29-28-31-39(40)35-38(3)47/h28-29,31-32,38,41-42,44,50-51,53H,4-27,30,33-37,47H2,1-3H3,(H,48,54)/t38-,41-,42-,44+,46+/m1/s1. The number of carbonyl (C=O) groups excluding carboxylic acids is 2. The van der Waals surface area contributed by atoms with Crippen molar-refractivity contribution in [1.82, 2.24) is 10.2 Å². The van der Waals surface area contributed by atoms with Gasteiger partial charge in [0.25, 0.3) is 5.91 Å². The van der Waals surface area contributed by atoms with Gasteiger partial charge in [-0.2, -0.15) is 0 Å². The lowest BCUT2D eigenvalue weighted by Gasteiger charge is -2.50. The third-order valence-corrected chi connectivity index (χ3v) is 11.4. The van der Waals surface area contributed by atoms with Crippen molar-refractivity contribution in [2.45, 2.75) is 231 Å². The van der Waals surface area contributed by atoms with Crippen molar-refractivity contribution in [1.29, 1.82) is 0 Å². The number of benzene rings is 1. The first kappa shape index (κ1) is 49.1. The maximum atomic E-state index is 14.2. The molecule has 6 N–H and O–H groups in total. The maximum absolute atomic E-state index is 14.2. The first-order valence-corrected chi connectivity index (χ1v) is 22.8. The number of nitrogens with two attached hydrogens (primary N) is 1. The van der Waals surface area contributed by atoms with Crippen LogP contribution in [0.25, 0.3) is 0 Å². The number of nitrogens with one attached hydrogen (secondary N) is 1. The lowest BCUT2D eigenvalue weighted by Crippen LogP contribution is -2.71. The molecule has 0 bridgehead atoms. The molecule has 0 spiro atoms. The van der Waals surface area contributed by atoms with Gasteiger partial charge in [-0.05, 0) is 37.8 Å². The molecule has 1 saturated heterocycles. The fraction of sp³-hybridized carbons (Fsp3) is 0.826. The third-order valence-electron chi connectivity index (χ3n) is 11.4. The van der Waals surface area contributed by atoms with E-state index in [2.05, 4.69) is 19.2 Å². The summed E-state index contributed by atoms with van der Waals surface area (Å²) in [7, 11) is 0. The molecule has 0 radical (unpaired) electrons. The molecule has 2 amide bonds. The van der Waals surface area contributed by atoms with Crippen molar-refractivity contribution in [3.63, 3.8) is 0 Å². The lowest BCUT2D eigenvalue weighted by molar-refractivity contribution is -0.278. The van der Waals surface area contributed by atoms with E-state index >= 15 is 0 Å². The van der Waals surface area contributed by atoms with Gasteiger partial charge in [-0.3, -0.25) is 14.5 Å². The van der Waals surface area contributed by atoms with Crippen LogP contribution in [0.4, 0.5) is 0 Å². The Morgan fingerprint density at radius 1 is 0.764 bits per heavy atom. The van der Waals surface area contributed by atoms with Crippen LogP contribution in [0, 0.1) is 0 Å². The quantitative estimate of drug-likeness (QED) is 0.0354. The van der Waals surface area contributed by atoms with E-state index in [-0.39, 0.29) is 18.4 Å². The van der Waals surface area contributed by atoms with E-state index < -0.39 is 36.7 Å². The Hall–Kier alpha value is -2.04. The largest absolute Gasteiger partial charge is 0.394 e. The number of aliphatic hydroxyl groups excluding tert-OH is 3. The minimum Gasteiger partial charge on any atom is -0.394 e. The fourth-order valence-corrected chi connectivity index (χ4v) is 8.05. The second-order valence-corrected chi connectivity index (χ2v) is 16.6. The summed E-state index contributed by atoms with van der Waals surface area (Å²) in [6.45, 7) is 6.13. The molecular weight excluding hydrogens is 691 g/mol. The first-order valence-electron chi connectivity index (χ1n) is 22.8. The summed E-state index contributed by atoms with van der Waals surface area (Å²) in [4.78, 5) is 29.9. The number of hydrogen-bond acceptors (Lipinski definition) is 7. The van der Waals surface area contributed by atoms with Gasteiger partial charge >= 0.3 is 0 Å². The van der Waals surface area contributed by atoms with Gasteiger partial charge in [-0.25, -0.2) is 0 Å². The highest BCUT2D eigenvalue weighted by atomic mass is 16.6. The van der Waals surface area contributed by atoms with Crippen LogP contribution in [0.2, 0.25) is 0 Å². The Balaban J connectivity index is 2.07. The number of rotatable bonds is 33. The van der Waals surface area contributed by atoms with Crippen molar-refractivity contribution < 1.29 is 29.6 Å². The molecule has 1 aliphatic heterocycles. The zero-order valence-corrected chi connectivity index (χ0v) is 35.4. The van der Waals surface area contributed by atoms with Crippen molar-refractivity contribution in [2.24, 2.45) is 5.73 Å². The van der Waals surface area contributed by atoms with E-state index in [9.17, 15) is 24.9 Å². The van der Waals surface area contributed by atoms with Gasteiger partial charge in [-0.15, -0.1) is 0 Å². The molecule has 0 saturated carbocycles. The topological polar surface area (TPSA) is 145 Å². The summed E-state index contributed by atoms with van der Waals surface area (Å²) in [6.07, 6.45) is 26.7. The molecule has 1 aromatic carbocycles. The Morgan fingerprint density at radius 3 is 1.69 bits per heavy atom. The molecule has 1 heterocycles. The predicted molar refractivity (Wildman–Crippen MR) is 226 cm³/mol. The number of ether oxygens (including phenoxy) is 1. The predicted octanol–water partition coefficient (Wildman–Crippen LogP) is 9.47. The highest BCUT2D eigenvalue weighted by Gasteiger charge is 2.52. The number of unbranched alkanes of at least 4 members (excludes halogenated alkanes) is 23. The van der Waals surface area contributed by atoms with Gasteiger partial charge in [0, 0.05) is 31.0 Å². The van der Waals surface area contributed by atoms with Crippen molar-refractivity contribution in [2.75, 3.05) is 13.2 Å². The molecule has 2 rings (SSSR count). The monoisotopic (exact) mass is 774 g/mol. The Morgan fingerprint density at radius 2 is 1.22 bits per heavy atom.